The topological polar surface area (TPSA) is 88.1 Å². The van der Waals surface area contributed by atoms with Gasteiger partial charge in [-0.3, -0.25) is 14.5 Å². The van der Waals surface area contributed by atoms with E-state index in [4.69, 9.17) is 27.9 Å². The summed E-state index contributed by atoms with van der Waals surface area (Å²) in [5, 5.41) is 3.67. The minimum absolute atomic E-state index is 0.00446. The predicted molar refractivity (Wildman–Crippen MR) is 152 cm³/mol. The van der Waals surface area contributed by atoms with Gasteiger partial charge in [-0.05, 0) is 73.5 Å². The highest BCUT2D eigenvalue weighted by Gasteiger charge is 2.36. The number of esters is 1. The Morgan fingerprint density at radius 3 is 2.45 bits per heavy atom. The molecule has 0 aromatic heterocycles. The number of aliphatic imine (C=N–C) groups is 1. The number of aryl methyl sites for hydroxylation is 1. The van der Waals surface area contributed by atoms with E-state index in [1.807, 2.05) is 25.1 Å². The number of thioether (sulfide) groups is 1. The van der Waals surface area contributed by atoms with Crippen molar-refractivity contribution in [1.29, 1.82) is 0 Å². The van der Waals surface area contributed by atoms with E-state index in [1.165, 1.54) is 11.8 Å². The number of nitrogens with zero attached hydrogens (tertiary/aromatic N) is 2. The van der Waals surface area contributed by atoms with Gasteiger partial charge in [-0.25, -0.2) is 9.79 Å². The zero-order valence-electron chi connectivity index (χ0n) is 20.7. The lowest BCUT2D eigenvalue weighted by Gasteiger charge is -2.32. The number of hydrogen-bond donors (Lipinski definition) is 1. The number of hydrogen-bond acceptors (Lipinski definition) is 6. The van der Waals surface area contributed by atoms with Crippen LogP contribution in [0.1, 0.15) is 34.8 Å². The Labute approximate surface area is 235 Å². The normalized spacial score (nSPS) is 16.4. The van der Waals surface area contributed by atoms with E-state index in [9.17, 15) is 14.4 Å². The molecule has 3 aromatic rings. The monoisotopic (exact) mass is 569 g/mol. The van der Waals surface area contributed by atoms with Crippen LogP contribution in [0.25, 0.3) is 0 Å². The second-order valence-corrected chi connectivity index (χ2v) is 10.5. The fourth-order valence-electron chi connectivity index (χ4n) is 3.66. The van der Waals surface area contributed by atoms with Gasteiger partial charge in [0.15, 0.2) is 5.17 Å². The summed E-state index contributed by atoms with van der Waals surface area (Å²) in [5.41, 5.74) is 3.24. The molecule has 0 radical (unpaired) electrons. The number of amides is 2. The molecule has 1 N–H and O–H groups in total. The molecule has 38 heavy (non-hydrogen) atoms. The van der Waals surface area contributed by atoms with Gasteiger partial charge >= 0.3 is 5.97 Å². The van der Waals surface area contributed by atoms with Gasteiger partial charge in [0, 0.05) is 22.2 Å². The maximum atomic E-state index is 13.3. The predicted octanol–water partition coefficient (Wildman–Crippen LogP) is 6.64. The third-order valence-corrected chi connectivity index (χ3v) is 7.58. The lowest BCUT2D eigenvalue weighted by molar-refractivity contribution is -0.129. The maximum Gasteiger partial charge on any atom is 0.338 e. The van der Waals surface area contributed by atoms with Crippen LogP contribution in [0.5, 0.6) is 0 Å². The summed E-state index contributed by atoms with van der Waals surface area (Å²) in [6.07, 6.45) is 0.00446. The average Bonchev–Trinajstić information content (AvgIpc) is 2.89. The minimum atomic E-state index is -0.693. The van der Waals surface area contributed by atoms with Gasteiger partial charge in [-0.2, -0.15) is 0 Å². The molecule has 0 aliphatic carbocycles. The Balaban J connectivity index is 1.60. The van der Waals surface area contributed by atoms with E-state index in [0.29, 0.717) is 32.2 Å². The summed E-state index contributed by atoms with van der Waals surface area (Å²) < 4.78 is 5.03. The van der Waals surface area contributed by atoms with Gasteiger partial charge < -0.3 is 10.1 Å². The van der Waals surface area contributed by atoms with Crippen LogP contribution in [0.4, 0.5) is 11.4 Å². The second kappa shape index (κ2) is 12.5. The molecule has 1 saturated heterocycles. The lowest BCUT2D eigenvalue weighted by atomic mass is 10.2. The largest absolute Gasteiger partial charge is 0.462 e. The van der Waals surface area contributed by atoms with Crippen LogP contribution >= 0.6 is 35.0 Å². The van der Waals surface area contributed by atoms with E-state index < -0.39 is 11.2 Å². The van der Waals surface area contributed by atoms with E-state index in [0.717, 1.165) is 11.1 Å². The molecule has 10 heteroatoms. The summed E-state index contributed by atoms with van der Waals surface area (Å²) in [6.45, 7) is 4.16. The van der Waals surface area contributed by atoms with Crippen molar-refractivity contribution >= 4 is 69.3 Å². The number of benzene rings is 3. The van der Waals surface area contributed by atoms with Crippen molar-refractivity contribution in [2.24, 2.45) is 4.99 Å². The average molecular weight is 570 g/mol. The van der Waals surface area contributed by atoms with Gasteiger partial charge in [0.25, 0.3) is 0 Å². The Morgan fingerprint density at radius 2 is 1.79 bits per heavy atom. The number of rotatable bonds is 7. The van der Waals surface area contributed by atoms with E-state index >= 15 is 0 Å². The van der Waals surface area contributed by atoms with Crippen molar-refractivity contribution in [2.45, 2.75) is 32.1 Å². The molecule has 1 atom stereocenters. The molecule has 0 saturated carbocycles. The Bertz CT molecular complexity index is 1380. The quantitative estimate of drug-likeness (QED) is 0.322. The van der Waals surface area contributed by atoms with Crippen LogP contribution in [0, 0.1) is 6.92 Å². The molecule has 3 aromatic carbocycles. The first-order valence-electron chi connectivity index (χ1n) is 11.9. The summed E-state index contributed by atoms with van der Waals surface area (Å²) in [7, 11) is 0. The van der Waals surface area contributed by atoms with Gasteiger partial charge in [-0.1, -0.05) is 53.2 Å². The fraction of sp³-hybridized carbons (Fsp3) is 0.214. The smallest absolute Gasteiger partial charge is 0.338 e. The van der Waals surface area contributed by atoms with Crippen molar-refractivity contribution < 1.29 is 19.1 Å². The zero-order valence-corrected chi connectivity index (χ0v) is 23.1. The first-order chi connectivity index (χ1) is 18.2. The highest BCUT2D eigenvalue weighted by molar-refractivity contribution is 8.15. The standard InChI is InChI=1S/C28H25Cl2N3O4S/c1-3-37-27(36)19-7-12-21(13-8-19)32-28-33(16-18-5-9-20(29)10-6-18)25(34)15-24(38-28)26(35)31-22-11-4-17(2)23(30)14-22/h4-14,24H,3,15-16H2,1-2H3,(H,31,35). The number of nitrogens with one attached hydrogen (secondary N) is 1. The van der Waals surface area contributed by atoms with Crippen molar-refractivity contribution in [3.05, 3.63) is 93.5 Å². The molecule has 4 rings (SSSR count). The Hall–Kier alpha value is -3.33. The molecule has 1 unspecified atom stereocenters. The number of amidine groups is 1. The van der Waals surface area contributed by atoms with Crippen LogP contribution in [-0.4, -0.2) is 39.7 Å². The molecule has 0 bridgehead atoms. The van der Waals surface area contributed by atoms with Crippen LogP contribution in [0.3, 0.4) is 0 Å². The van der Waals surface area contributed by atoms with Crippen LogP contribution in [0.15, 0.2) is 71.7 Å². The molecule has 2 amide bonds. The summed E-state index contributed by atoms with van der Waals surface area (Å²) in [6, 6.07) is 19.0. The molecule has 1 aliphatic heterocycles. The van der Waals surface area contributed by atoms with E-state index in [-0.39, 0.29) is 31.4 Å². The SMILES string of the molecule is CCOC(=O)c1ccc(N=C2SC(C(=O)Nc3ccc(C)c(Cl)c3)CC(=O)N2Cc2ccc(Cl)cc2)cc1. The molecule has 1 aliphatic rings. The maximum absolute atomic E-state index is 13.3. The molecular weight excluding hydrogens is 545 g/mol. The summed E-state index contributed by atoms with van der Waals surface area (Å²) in [4.78, 5) is 44.6. The van der Waals surface area contributed by atoms with E-state index in [1.54, 1.807) is 60.4 Å². The molecule has 196 valence electrons. The van der Waals surface area contributed by atoms with Gasteiger partial charge in [0.2, 0.25) is 11.8 Å². The third kappa shape index (κ3) is 6.95. The lowest BCUT2D eigenvalue weighted by Crippen LogP contribution is -2.44. The van der Waals surface area contributed by atoms with Crippen molar-refractivity contribution in [3.63, 3.8) is 0 Å². The van der Waals surface area contributed by atoms with Crippen LogP contribution in [-0.2, 0) is 20.9 Å². The van der Waals surface area contributed by atoms with Gasteiger partial charge in [-0.15, -0.1) is 0 Å². The second-order valence-electron chi connectivity index (χ2n) is 8.53. The number of carbonyl (C=O) groups excluding carboxylic acids is 3. The number of anilines is 1. The van der Waals surface area contributed by atoms with Crippen molar-refractivity contribution in [3.8, 4) is 0 Å². The number of carbonyl (C=O) groups is 3. The summed E-state index contributed by atoms with van der Waals surface area (Å²) >= 11 is 13.4. The van der Waals surface area contributed by atoms with Gasteiger partial charge in [0.1, 0.15) is 5.25 Å². The van der Waals surface area contributed by atoms with Gasteiger partial charge in [0.05, 0.1) is 24.4 Å². The third-order valence-electron chi connectivity index (χ3n) is 5.73. The number of ether oxygens (including phenoxy) is 1. The van der Waals surface area contributed by atoms with Crippen molar-refractivity contribution in [2.75, 3.05) is 11.9 Å². The Kier molecular flexibility index (Phi) is 9.09. The minimum Gasteiger partial charge on any atom is -0.462 e. The summed E-state index contributed by atoms with van der Waals surface area (Å²) in [5.74, 6) is -0.978. The van der Waals surface area contributed by atoms with E-state index in [2.05, 4.69) is 10.3 Å². The molecule has 0 spiro atoms. The Morgan fingerprint density at radius 1 is 1.08 bits per heavy atom. The van der Waals surface area contributed by atoms with Crippen molar-refractivity contribution in [1.82, 2.24) is 4.90 Å². The highest BCUT2D eigenvalue weighted by atomic mass is 35.5. The molecule has 1 heterocycles. The first-order valence-corrected chi connectivity index (χ1v) is 13.5. The number of halogens is 2. The molecule has 7 nitrogen and oxygen atoms in total. The first kappa shape index (κ1) is 27.7. The fourth-order valence-corrected chi connectivity index (χ4v) is 5.06. The van der Waals surface area contributed by atoms with Crippen LogP contribution in [0.2, 0.25) is 10.0 Å². The van der Waals surface area contributed by atoms with Crippen LogP contribution < -0.4 is 5.32 Å². The zero-order chi connectivity index (χ0) is 27.2. The highest BCUT2D eigenvalue weighted by Crippen LogP contribution is 2.32. The molecular formula is C28H25Cl2N3O4S. The molecule has 1 fully saturated rings.